The molecule has 1 heterocycles. The zero-order chi connectivity index (χ0) is 21.6. The second kappa shape index (κ2) is 9.77. The van der Waals surface area contributed by atoms with Gasteiger partial charge in [-0.05, 0) is 53.4 Å². The summed E-state index contributed by atoms with van der Waals surface area (Å²) in [5, 5.41) is 4.38. The van der Waals surface area contributed by atoms with Gasteiger partial charge in [0.05, 0.1) is 17.4 Å². The largest absolute Gasteiger partial charge is 0.489 e. The minimum atomic E-state index is -0.0171. The fraction of sp³-hybridized carbons (Fsp3) is 0.0714. The van der Waals surface area contributed by atoms with Crippen molar-refractivity contribution >= 4 is 23.1 Å². The Morgan fingerprint density at radius 3 is 1.94 bits per heavy atom. The van der Waals surface area contributed by atoms with Crippen LogP contribution in [0.3, 0.4) is 0 Å². The van der Waals surface area contributed by atoms with E-state index in [1.54, 1.807) is 11.8 Å². The van der Waals surface area contributed by atoms with Crippen molar-refractivity contribution in [1.29, 1.82) is 0 Å². The number of fused-ring (bicyclic) bond motifs is 1. The third-order valence-corrected chi connectivity index (χ3v) is 6.34. The van der Waals surface area contributed by atoms with E-state index in [0.29, 0.717) is 6.61 Å². The zero-order valence-corrected chi connectivity index (χ0v) is 18.4. The Balaban J connectivity index is 1.53. The Hall–Kier alpha value is -3.47. The van der Waals surface area contributed by atoms with E-state index >= 15 is 0 Å². The van der Waals surface area contributed by atoms with Gasteiger partial charge in [0.25, 0.3) is 0 Å². The highest BCUT2D eigenvalue weighted by atomic mass is 32.2. The van der Waals surface area contributed by atoms with Crippen molar-refractivity contribution < 1.29 is 4.74 Å². The minimum absolute atomic E-state index is 0.0171. The molecule has 4 heteroatoms. The maximum absolute atomic E-state index is 6.11. The van der Waals surface area contributed by atoms with E-state index in [1.165, 1.54) is 10.5 Å². The van der Waals surface area contributed by atoms with Crippen molar-refractivity contribution in [2.75, 3.05) is 11.6 Å². The van der Waals surface area contributed by atoms with Gasteiger partial charge in [0.15, 0.2) is 0 Å². The lowest BCUT2D eigenvalue weighted by Crippen LogP contribution is -2.40. The van der Waals surface area contributed by atoms with Crippen molar-refractivity contribution in [3.63, 3.8) is 0 Å². The summed E-state index contributed by atoms with van der Waals surface area (Å²) in [6.07, 6.45) is 0. The van der Waals surface area contributed by atoms with Gasteiger partial charge in [-0.1, -0.05) is 84.6 Å². The van der Waals surface area contributed by atoms with Crippen LogP contribution in [0.1, 0.15) is 11.6 Å². The van der Waals surface area contributed by atoms with E-state index in [2.05, 4.69) is 101 Å². The number of benzene rings is 4. The highest BCUT2D eigenvalue weighted by Gasteiger charge is 2.28. The normalized spacial score (nSPS) is 16.2. The second-order valence-corrected chi connectivity index (χ2v) is 8.46. The lowest BCUT2D eigenvalue weighted by Gasteiger charge is -2.35. The number of anilines is 2. The smallest absolute Gasteiger partial charge is 0.124 e. The summed E-state index contributed by atoms with van der Waals surface area (Å²) < 4.78 is 6.11. The van der Waals surface area contributed by atoms with Crippen LogP contribution in [0.15, 0.2) is 131 Å². The van der Waals surface area contributed by atoms with Crippen LogP contribution < -0.4 is 15.2 Å². The quantitative estimate of drug-likeness (QED) is 0.256. The van der Waals surface area contributed by atoms with Crippen LogP contribution in [0.4, 0.5) is 11.4 Å². The number of hydrogen-bond acceptors (Lipinski definition) is 4. The average Bonchev–Trinajstić information content (AvgIpc) is 2.88. The molecule has 3 nitrogen and oxygen atoms in total. The van der Waals surface area contributed by atoms with Crippen LogP contribution >= 0.6 is 11.8 Å². The van der Waals surface area contributed by atoms with Gasteiger partial charge in [-0.25, -0.2) is 5.43 Å². The Morgan fingerprint density at radius 2 is 1.28 bits per heavy atom. The van der Waals surface area contributed by atoms with Crippen molar-refractivity contribution in [2.45, 2.75) is 10.9 Å². The molecule has 5 rings (SSSR count). The van der Waals surface area contributed by atoms with E-state index < -0.39 is 0 Å². The Morgan fingerprint density at radius 1 is 0.719 bits per heavy atom. The number of para-hydroxylation sites is 3. The standard InChI is InChI=1S/C28H24N2OS/c1-4-12-23(13-5-1)30(24-14-6-2-7-15-24)29-28-22(21-32-25-16-8-3-9-17-25)20-31-27-19-11-10-18-26(27)28/h1-19,21,28-29H,20H2/b22-21+. The topological polar surface area (TPSA) is 24.5 Å². The monoisotopic (exact) mass is 436 g/mol. The summed E-state index contributed by atoms with van der Waals surface area (Å²) in [5.74, 6) is 0.924. The van der Waals surface area contributed by atoms with E-state index in [4.69, 9.17) is 4.74 Å². The number of thioether (sulfide) groups is 1. The van der Waals surface area contributed by atoms with Crippen molar-refractivity contribution in [2.24, 2.45) is 0 Å². The van der Waals surface area contributed by atoms with E-state index in [9.17, 15) is 0 Å². The first-order chi connectivity index (χ1) is 15.9. The van der Waals surface area contributed by atoms with E-state index in [1.807, 2.05) is 30.3 Å². The van der Waals surface area contributed by atoms with Gasteiger partial charge in [0, 0.05) is 10.5 Å². The number of nitrogens with zero attached hydrogens (tertiary/aromatic N) is 1. The van der Waals surface area contributed by atoms with Crippen molar-refractivity contribution in [3.05, 3.63) is 132 Å². The molecule has 0 saturated carbocycles. The third-order valence-electron chi connectivity index (χ3n) is 5.37. The first-order valence-electron chi connectivity index (χ1n) is 10.7. The lowest BCUT2D eigenvalue weighted by atomic mass is 9.97. The van der Waals surface area contributed by atoms with Crippen LogP contribution in [-0.2, 0) is 0 Å². The van der Waals surface area contributed by atoms with Crippen molar-refractivity contribution in [3.8, 4) is 5.75 Å². The molecule has 4 aromatic rings. The number of rotatable bonds is 6. The first kappa shape index (κ1) is 20.4. The van der Waals surface area contributed by atoms with E-state index in [-0.39, 0.29) is 6.04 Å². The summed E-state index contributed by atoms with van der Waals surface area (Å²) in [5.41, 5.74) is 8.29. The van der Waals surface area contributed by atoms with Gasteiger partial charge in [-0.15, -0.1) is 0 Å². The van der Waals surface area contributed by atoms with Gasteiger partial charge in [0.1, 0.15) is 12.4 Å². The molecular weight excluding hydrogens is 412 g/mol. The van der Waals surface area contributed by atoms with Gasteiger partial charge in [0.2, 0.25) is 0 Å². The van der Waals surface area contributed by atoms with Gasteiger partial charge in [-0.2, -0.15) is 0 Å². The molecule has 1 atom stereocenters. The zero-order valence-electron chi connectivity index (χ0n) is 17.6. The highest BCUT2D eigenvalue weighted by molar-refractivity contribution is 8.02. The predicted molar refractivity (Wildman–Crippen MR) is 133 cm³/mol. The van der Waals surface area contributed by atoms with Gasteiger partial charge in [-0.3, -0.25) is 5.01 Å². The fourth-order valence-corrected chi connectivity index (χ4v) is 4.58. The molecule has 0 spiro atoms. The van der Waals surface area contributed by atoms with Crippen LogP contribution in [0.5, 0.6) is 5.75 Å². The molecule has 1 aliphatic heterocycles. The molecule has 1 N–H and O–H groups in total. The molecule has 0 radical (unpaired) electrons. The van der Waals surface area contributed by atoms with Gasteiger partial charge >= 0.3 is 0 Å². The second-order valence-electron chi connectivity index (χ2n) is 7.52. The molecule has 158 valence electrons. The van der Waals surface area contributed by atoms with Crippen molar-refractivity contribution in [1.82, 2.24) is 5.43 Å². The Kier molecular flexibility index (Phi) is 6.24. The minimum Gasteiger partial charge on any atom is -0.489 e. The van der Waals surface area contributed by atoms with Crippen LogP contribution in [0.2, 0.25) is 0 Å². The number of ether oxygens (including phenoxy) is 1. The average molecular weight is 437 g/mol. The van der Waals surface area contributed by atoms with Crippen LogP contribution in [0, 0.1) is 0 Å². The Bertz CT molecular complexity index is 1140. The molecule has 0 saturated heterocycles. The summed E-state index contributed by atoms with van der Waals surface area (Å²) in [6, 6.07) is 39.5. The summed E-state index contributed by atoms with van der Waals surface area (Å²) in [6.45, 7) is 0.548. The maximum atomic E-state index is 6.11. The third kappa shape index (κ3) is 4.57. The SMILES string of the molecule is C(/Sc1ccccc1)=C1/COc2ccccc2C1NN(c1ccccc1)c1ccccc1. The van der Waals surface area contributed by atoms with E-state index in [0.717, 1.165) is 22.7 Å². The maximum Gasteiger partial charge on any atom is 0.124 e. The molecule has 1 aliphatic rings. The molecule has 1 unspecified atom stereocenters. The number of hydrogen-bond donors (Lipinski definition) is 1. The molecule has 0 aliphatic carbocycles. The molecule has 0 bridgehead atoms. The summed E-state index contributed by atoms with van der Waals surface area (Å²) >= 11 is 1.72. The summed E-state index contributed by atoms with van der Waals surface area (Å²) in [4.78, 5) is 1.21. The van der Waals surface area contributed by atoms with Crippen LogP contribution in [0.25, 0.3) is 0 Å². The molecule has 32 heavy (non-hydrogen) atoms. The van der Waals surface area contributed by atoms with Gasteiger partial charge < -0.3 is 4.74 Å². The predicted octanol–water partition coefficient (Wildman–Crippen LogP) is 7.14. The number of hydrazine groups is 1. The Labute approximate surface area is 193 Å². The molecular formula is C28H24N2OS. The molecule has 4 aromatic carbocycles. The molecule has 0 fully saturated rings. The number of nitrogens with one attached hydrogen (secondary N) is 1. The van der Waals surface area contributed by atoms with Crippen LogP contribution in [-0.4, -0.2) is 6.61 Å². The fourth-order valence-electron chi connectivity index (χ4n) is 3.77. The lowest BCUT2D eigenvalue weighted by molar-refractivity contribution is 0.309. The first-order valence-corrected chi connectivity index (χ1v) is 11.6. The molecule has 0 amide bonds. The summed E-state index contributed by atoms with van der Waals surface area (Å²) in [7, 11) is 0. The highest BCUT2D eigenvalue weighted by Crippen LogP contribution is 2.38. The molecule has 0 aromatic heterocycles.